The number of rotatable bonds is 3. The Morgan fingerprint density at radius 2 is 1.79 bits per heavy atom. The van der Waals surface area contributed by atoms with Crippen molar-refractivity contribution in [1.82, 2.24) is 20.0 Å². The maximum atomic E-state index is 14.0. The standard InChI is InChI=1S/C30H44N4O8/c1-30(2,3)12-26(37)34-16-20-15-32(8-9-41-20)29(40)21-10-19(14-33(21)13-18-6-4-5-7-22(18)35)31-25(36)11-23-27(38)28(39)24(17-34)42-23/h4-7,19-21,23-24,27-28,35,38-39H,8-17H2,1-3H3,(H,31,36)/t19-,20-,21-,23-,24+,27-,28+/m0/s1. The molecule has 7 atom stereocenters. The Morgan fingerprint density at radius 3 is 2.52 bits per heavy atom. The summed E-state index contributed by atoms with van der Waals surface area (Å²) in [5.41, 5.74) is 0.399. The number of phenolic OH excluding ortho intramolecular Hbond substituents is 1. The molecule has 42 heavy (non-hydrogen) atoms. The van der Waals surface area contributed by atoms with Crippen molar-refractivity contribution in [2.45, 2.75) is 89.2 Å². The predicted molar refractivity (Wildman–Crippen MR) is 151 cm³/mol. The minimum atomic E-state index is -1.28. The van der Waals surface area contributed by atoms with Crippen LogP contribution < -0.4 is 5.32 Å². The number of carbonyl (C=O) groups is 3. The van der Waals surface area contributed by atoms with Crippen LogP contribution in [0.2, 0.25) is 0 Å². The molecule has 4 aliphatic rings. The van der Waals surface area contributed by atoms with Gasteiger partial charge in [-0.2, -0.15) is 0 Å². The van der Waals surface area contributed by atoms with Crippen molar-refractivity contribution in [2.75, 3.05) is 39.3 Å². The van der Waals surface area contributed by atoms with Gasteiger partial charge < -0.3 is 39.9 Å². The zero-order valence-corrected chi connectivity index (χ0v) is 24.6. The number of ether oxygens (including phenoxy) is 2. The summed E-state index contributed by atoms with van der Waals surface area (Å²) < 4.78 is 12.0. The summed E-state index contributed by atoms with van der Waals surface area (Å²) in [6.07, 6.45) is -4.33. The van der Waals surface area contributed by atoms with E-state index >= 15 is 0 Å². The molecule has 4 N–H and O–H groups in total. The van der Waals surface area contributed by atoms with Gasteiger partial charge in [-0.25, -0.2) is 0 Å². The molecule has 5 rings (SSSR count). The topological polar surface area (TPSA) is 152 Å². The fourth-order valence-electron chi connectivity index (χ4n) is 6.47. The fourth-order valence-corrected chi connectivity index (χ4v) is 6.47. The highest BCUT2D eigenvalue weighted by Gasteiger charge is 2.46. The number of morpholine rings is 1. The number of phenols is 1. The summed E-state index contributed by atoms with van der Waals surface area (Å²) in [6.45, 7) is 7.86. The maximum Gasteiger partial charge on any atom is 0.240 e. The first-order valence-electron chi connectivity index (χ1n) is 14.9. The zero-order valence-electron chi connectivity index (χ0n) is 24.6. The van der Waals surface area contributed by atoms with Gasteiger partial charge in [0.1, 0.15) is 24.1 Å². The van der Waals surface area contributed by atoms with Crippen LogP contribution in [0.25, 0.3) is 0 Å². The highest BCUT2D eigenvalue weighted by molar-refractivity contribution is 5.83. The van der Waals surface area contributed by atoms with E-state index in [1.54, 1.807) is 21.9 Å². The van der Waals surface area contributed by atoms with E-state index in [2.05, 4.69) is 5.32 Å². The Kier molecular flexibility index (Phi) is 9.10. The number of aromatic hydroxyl groups is 1. The van der Waals surface area contributed by atoms with Crippen molar-refractivity contribution in [3.63, 3.8) is 0 Å². The van der Waals surface area contributed by atoms with Gasteiger partial charge in [0, 0.05) is 57.3 Å². The van der Waals surface area contributed by atoms with E-state index in [-0.39, 0.29) is 67.4 Å². The number of likely N-dealkylation sites (tertiary alicyclic amines) is 1. The molecule has 0 spiro atoms. The molecule has 1 aromatic rings. The van der Waals surface area contributed by atoms with Crippen LogP contribution in [0.5, 0.6) is 5.75 Å². The first-order valence-corrected chi connectivity index (χ1v) is 14.9. The van der Waals surface area contributed by atoms with Crippen molar-refractivity contribution < 1.29 is 39.2 Å². The maximum absolute atomic E-state index is 14.0. The number of fused-ring (bicyclic) bond motifs is 6. The molecular weight excluding hydrogens is 544 g/mol. The van der Waals surface area contributed by atoms with Crippen LogP contribution in [0.3, 0.4) is 0 Å². The average Bonchev–Trinajstić information content (AvgIpc) is 3.43. The van der Waals surface area contributed by atoms with Crippen molar-refractivity contribution >= 4 is 17.7 Å². The molecule has 0 unspecified atom stereocenters. The number of benzene rings is 1. The summed E-state index contributed by atoms with van der Waals surface area (Å²) in [5.74, 6) is -0.438. The van der Waals surface area contributed by atoms with Gasteiger partial charge in [0.15, 0.2) is 0 Å². The Bertz CT molecular complexity index is 1160. The summed E-state index contributed by atoms with van der Waals surface area (Å²) >= 11 is 0. The third-order valence-electron chi connectivity index (χ3n) is 8.58. The van der Waals surface area contributed by atoms with Gasteiger partial charge in [0.05, 0.1) is 31.3 Å². The second kappa shape index (κ2) is 12.5. The second-order valence-corrected chi connectivity index (χ2v) is 13.3. The van der Waals surface area contributed by atoms with Crippen molar-refractivity contribution in [1.29, 1.82) is 0 Å². The van der Waals surface area contributed by atoms with Crippen LogP contribution in [-0.4, -0.2) is 130 Å². The third-order valence-corrected chi connectivity index (χ3v) is 8.58. The highest BCUT2D eigenvalue weighted by Crippen LogP contribution is 2.29. The lowest BCUT2D eigenvalue weighted by molar-refractivity contribution is -0.148. The number of hydrogen-bond acceptors (Lipinski definition) is 9. The molecule has 0 aliphatic carbocycles. The molecule has 4 heterocycles. The highest BCUT2D eigenvalue weighted by atomic mass is 16.5. The number of para-hydroxylation sites is 1. The van der Waals surface area contributed by atoms with E-state index in [1.165, 1.54) is 0 Å². The number of nitrogens with zero attached hydrogens (tertiary/aromatic N) is 3. The SMILES string of the molecule is CC(C)(C)CC(=O)N1C[C@@H]2CN(CCO2)C(=O)[C@@H]2C[C@@H](CN2Cc2ccccc2O)NC(=O)C[C@@H]2O[C@H](C1)[C@@H](O)[C@H]2O. The number of hydrogen-bond donors (Lipinski definition) is 4. The summed E-state index contributed by atoms with van der Waals surface area (Å²) in [7, 11) is 0. The average molecular weight is 589 g/mol. The molecule has 1 aromatic carbocycles. The zero-order chi connectivity index (χ0) is 30.2. The number of nitrogens with one attached hydrogen (secondary N) is 1. The molecule has 0 aromatic heterocycles. The number of amides is 3. The van der Waals surface area contributed by atoms with E-state index in [9.17, 15) is 29.7 Å². The first kappa shape index (κ1) is 30.7. The quantitative estimate of drug-likeness (QED) is 0.377. The number of aliphatic hydroxyl groups excluding tert-OH is 2. The summed E-state index contributed by atoms with van der Waals surface area (Å²) in [5, 5.41) is 35.0. The Balaban J connectivity index is 1.42. The summed E-state index contributed by atoms with van der Waals surface area (Å²) in [6, 6.07) is 6.14. The number of aliphatic hydroxyl groups is 2. The van der Waals surface area contributed by atoms with Gasteiger partial charge in [-0.3, -0.25) is 19.3 Å². The molecule has 4 aliphatic heterocycles. The van der Waals surface area contributed by atoms with E-state index in [4.69, 9.17) is 9.47 Å². The molecule has 4 saturated heterocycles. The Hall–Kier alpha value is -2.77. The van der Waals surface area contributed by atoms with Crippen LogP contribution in [0.4, 0.5) is 0 Å². The fraction of sp³-hybridized carbons (Fsp3) is 0.700. The van der Waals surface area contributed by atoms with Crippen molar-refractivity contribution in [2.24, 2.45) is 5.41 Å². The smallest absolute Gasteiger partial charge is 0.240 e. The van der Waals surface area contributed by atoms with Gasteiger partial charge in [0.2, 0.25) is 17.7 Å². The van der Waals surface area contributed by atoms with Crippen LogP contribution in [-0.2, 0) is 30.4 Å². The molecule has 6 bridgehead atoms. The molecule has 3 amide bonds. The van der Waals surface area contributed by atoms with E-state index < -0.39 is 36.6 Å². The molecular formula is C30H44N4O8. The molecule has 232 valence electrons. The van der Waals surface area contributed by atoms with Gasteiger partial charge in [-0.1, -0.05) is 39.0 Å². The lowest BCUT2D eigenvalue weighted by Gasteiger charge is -2.39. The minimum Gasteiger partial charge on any atom is -0.508 e. The second-order valence-electron chi connectivity index (χ2n) is 13.3. The Labute approximate surface area is 246 Å². The van der Waals surface area contributed by atoms with Crippen molar-refractivity contribution in [3.05, 3.63) is 29.8 Å². The Morgan fingerprint density at radius 1 is 1.05 bits per heavy atom. The molecule has 12 heteroatoms. The monoisotopic (exact) mass is 588 g/mol. The largest absolute Gasteiger partial charge is 0.508 e. The molecule has 0 radical (unpaired) electrons. The van der Waals surface area contributed by atoms with Crippen LogP contribution in [0.1, 0.15) is 45.6 Å². The lowest BCUT2D eigenvalue weighted by atomic mass is 9.91. The normalized spacial score (nSPS) is 33.1. The van der Waals surface area contributed by atoms with Crippen LogP contribution in [0, 0.1) is 5.41 Å². The minimum absolute atomic E-state index is 0.0265. The molecule has 0 saturated carbocycles. The summed E-state index contributed by atoms with van der Waals surface area (Å²) in [4.78, 5) is 45.8. The van der Waals surface area contributed by atoms with E-state index in [1.807, 2.05) is 37.8 Å². The number of carbonyl (C=O) groups excluding carboxylic acids is 3. The van der Waals surface area contributed by atoms with Crippen LogP contribution in [0.15, 0.2) is 24.3 Å². The van der Waals surface area contributed by atoms with Gasteiger partial charge >= 0.3 is 0 Å². The molecule has 12 nitrogen and oxygen atoms in total. The third kappa shape index (κ3) is 7.05. The van der Waals surface area contributed by atoms with Gasteiger partial charge in [0.25, 0.3) is 0 Å². The van der Waals surface area contributed by atoms with Crippen LogP contribution >= 0.6 is 0 Å². The lowest BCUT2D eigenvalue weighted by Crippen LogP contribution is -2.55. The van der Waals surface area contributed by atoms with Gasteiger partial charge in [-0.05, 0) is 17.9 Å². The van der Waals surface area contributed by atoms with E-state index in [0.717, 1.165) is 0 Å². The molecule has 4 fully saturated rings. The predicted octanol–water partition coefficient (Wildman–Crippen LogP) is -0.164. The first-order chi connectivity index (χ1) is 19.9. The van der Waals surface area contributed by atoms with Crippen molar-refractivity contribution in [3.8, 4) is 5.75 Å². The van der Waals surface area contributed by atoms with E-state index in [0.29, 0.717) is 38.2 Å². The van der Waals surface area contributed by atoms with Gasteiger partial charge in [-0.15, -0.1) is 0 Å².